The highest BCUT2D eigenvalue weighted by atomic mass is 19.1. The first-order valence-electron chi connectivity index (χ1n) is 6.98. The van der Waals surface area contributed by atoms with E-state index in [9.17, 15) is 9.18 Å². The number of benzene rings is 1. The lowest BCUT2D eigenvalue weighted by Crippen LogP contribution is -2.44. The molecule has 1 aromatic rings. The van der Waals surface area contributed by atoms with E-state index in [1.165, 1.54) is 30.7 Å². The zero-order chi connectivity index (χ0) is 13.7. The lowest BCUT2D eigenvalue weighted by atomic mass is 10.0. The molecule has 1 N–H and O–H groups in total. The third kappa shape index (κ3) is 4.03. The number of carbonyl (C=O) groups excluding carboxylic acids is 1. The molecule has 0 aromatic heterocycles. The Morgan fingerprint density at radius 3 is 2.53 bits per heavy atom. The van der Waals surface area contributed by atoms with Crippen LogP contribution in [0.3, 0.4) is 0 Å². The predicted octanol–water partition coefficient (Wildman–Crippen LogP) is 2.43. The number of likely N-dealkylation sites (tertiary alicyclic amines) is 1. The average molecular weight is 264 g/mol. The molecule has 4 heteroatoms. The minimum atomic E-state index is -0.315. The van der Waals surface area contributed by atoms with Gasteiger partial charge in [0.1, 0.15) is 5.82 Å². The van der Waals surface area contributed by atoms with Gasteiger partial charge in [-0.15, -0.1) is 0 Å². The van der Waals surface area contributed by atoms with Crippen LogP contribution in [0.2, 0.25) is 0 Å². The number of hydrogen-bond acceptors (Lipinski definition) is 2. The largest absolute Gasteiger partial charge is 0.349 e. The van der Waals surface area contributed by atoms with Gasteiger partial charge in [0.25, 0.3) is 5.91 Å². The van der Waals surface area contributed by atoms with E-state index in [4.69, 9.17) is 0 Å². The molecule has 19 heavy (non-hydrogen) atoms. The van der Waals surface area contributed by atoms with Crippen molar-refractivity contribution < 1.29 is 9.18 Å². The molecule has 1 saturated heterocycles. The van der Waals surface area contributed by atoms with Crippen LogP contribution in [0, 0.1) is 5.82 Å². The second-order valence-corrected chi connectivity index (χ2v) is 5.10. The summed E-state index contributed by atoms with van der Waals surface area (Å²) in [4.78, 5) is 14.4. The molecule has 0 aliphatic carbocycles. The summed E-state index contributed by atoms with van der Waals surface area (Å²) in [7, 11) is 0. The highest BCUT2D eigenvalue weighted by Crippen LogP contribution is 2.11. The fraction of sp³-hybridized carbons (Fsp3) is 0.533. The van der Waals surface area contributed by atoms with E-state index in [-0.39, 0.29) is 17.8 Å². The molecular weight excluding hydrogens is 243 g/mol. The highest BCUT2D eigenvalue weighted by Gasteiger charge is 2.20. The van der Waals surface area contributed by atoms with Crippen LogP contribution in [-0.2, 0) is 0 Å². The van der Waals surface area contributed by atoms with Crippen LogP contribution in [0.4, 0.5) is 4.39 Å². The third-order valence-corrected chi connectivity index (χ3v) is 3.57. The standard InChI is InChI=1S/C15H21FN2O/c1-2-9-18-10-7-14(8-11-18)17-15(19)12-3-5-13(16)6-4-12/h3-6,14H,2,7-11H2,1H3,(H,17,19). The van der Waals surface area contributed by atoms with E-state index >= 15 is 0 Å². The molecule has 0 radical (unpaired) electrons. The Hall–Kier alpha value is -1.42. The maximum Gasteiger partial charge on any atom is 0.251 e. The van der Waals surface area contributed by atoms with Gasteiger partial charge in [0.15, 0.2) is 0 Å². The minimum absolute atomic E-state index is 0.103. The summed E-state index contributed by atoms with van der Waals surface area (Å²) in [6.45, 7) is 5.41. The van der Waals surface area contributed by atoms with Crippen molar-refractivity contribution in [1.82, 2.24) is 10.2 Å². The summed E-state index contributed by atoms with van der Waals surface area (Å²) in [5, 5.41) is 3.03. The van der Waals surface area contributed by atoms with Crippen molar-refractivity contribution in [3.8, 4) is 0 Å². The van der Waals surface area contributed by atoms with Gasteiger partial charge in [-0.05, 0) is 50.1 Å². The first-order valence-corrected chi connectivity index (χ1v) is 6.98. The second-order valence-electron chi connectivity index (χ2n) is 5.10. The van der Waals surface area contributed by atoms with Crippen LogP contribution < -0.4 is 5.32 Å². The molecule has 1 amide bonds. The number of nitrogens with one attached hydrogen (secondary N) is 1. The average Bonchev–Trinajstić information content (AvgIpc) is 2.42. The van der Waals surface area contributed by atoms with Gasteiger partial charge >= 0.3 is 0 Å². The maximum absolute atomic E-state index is 12.8. The van der Waals surface area contributed by atoms with Crippen LogP contribution in [0.25, 0.3) is 0 Å². The van der Waals surface area contributed by atoms with Gasteiger partial charge in [-0.2, -0.15) is 0 Å². The number of amides is 1. The number of carbonyl (C=O) groups is 1. The highest BCUT2D eigenvalue weighted by molar-refractivity contribution is 5.94. The SMILES string of the molecule is CCCN1CCC(NC(=O)c2ccc(F)cc2)CC1. The Morgan fingerprint density at radius 1 is 1.32 bits per heavy atom. The molecule has 3 nitrogen and oxygen atoms in total. The number of piperidine rings is 1. The van der Waals surface area contributed by atoms with Crippen LogP contribution in [0.15, 0.2) is 24.3 Å². The molecule has 1 fully saturated rings. The maximum atomic E-state index is 12.8. The summed E-state index contributed by atoms with van der Waals surface area (Å²) >= 11 is 0. The summed E-state index contributed by atoms with van der Waals surface area (Å²) in [5.74, 6) is -0.418. The van der Waals surface area contributed by atoms with Crippen molar-refractivity contribution in [1.29, 1.82) is 0 Å². The van der Waals surface area contributed by atoms with Gasteiger partial charge in [0.05, 0.1) is 0 Å². The van der Waals surface area contributed by atoms with Crippen LogP contribution >= 0.6 is 0 Å². The molecule has 1 aliphatic rings. The van der Waals surface area contributed by atoms with Gasteiger partial charge < -0.3 is 10.2 Å². The quantitative estimate of drug-likeness (QED) is 0.906. The molecule has 1 aliphatic heterocycles. The zero-order valence-electron chi connectivity index (χ0n) is 11.4. The van der Waals surface area contributed by atoms with Crippen molar-refractivity contribution in [2.45, 2.75) is 32.2 Å². The van der Waals surface area contributed by atoms with E-state index < -0.39 is 0 Å². The smallest absolute Gasteiger partial charge is 0.251 e. The van der Waals surface area contributed by atoms with Gasteiger partial charge in [0.2, 0.25) is 0 Å². The summed E-state index contributed by atoms with van der Waals surface area (Å²) in [6.07, 6.45) is 3.16. The number of rotatable bonds is 4. The van der Waals surface area contributed by atoms with Gasteiger partial charge in [0, 0.05) is 24.7 Å². The lowest BCUT2D eigenvalue weighted by molar-refractivity contribution is 0.0911. The fourth-order valence-electron chi connectivity index (χ4n) is 2.49. The predicted molar refractivity (Wildman–Crippen MR) is 73.6 cm³/mol. The van der Waals surface area contributed by atoms with Gasteiger partial charge in [-0.3, -0.25) is 4.79 Å². The number of nitrogens with zero attached hydrogens (tertiary/aromatic N) is 1. The van der Waals surface area contributed by atoms with Crippen molar-refractivity contribution in [2.75, 3.05) is 19.6 Å². The third-order valence-electron chi connectivity index (χ3n) is 3.57. The number of hydrogen-bond donors (Lipinski definition) is 1. The van der Waals surface area contributed by atoms with E-state index in [2.05, 4.69) is 17.1 Å². The van der Waals surface area contributed by atoms with Crippen LogP contribution in [0.5, 0.6) is 0 Å². The van der Waals surface area contributed by atoms with Crippen LogP contribution in [-0.4, -0.2) is 36.5 Å². The fourth-order valence-corrected chi connectivity index (χ4v) is 2.49. The van der Waals surface area contributed by atoms with E-state index in [1.807, 2.05) is 0 Å². The number of halogens is 1. The summed E-state index contributed by atoms with van der Waals surface area (Å²) in [6, 6.07) is 5.93. The molecule has 0 saturated carbocycles. The summed E-state index contributed by atoms with van der Waals surface area (Å²) in [5.41, 5.74) is 0.525. The Bertz CT molecular complexity index is 411. The van der Waals surface area contributed by atoms with Crippen molar-refractivity contribution in [3.63, 3.8) is 0 Å². The van der Waals surface area contributed by atoms with Crippen LogP contribution in [0.1, 0.15) is 36.5 Å². The summed E-state index contributed by atoms with van der Waals surface area (Å²) < 4.78 is 12.8. The first-order chi connectivity index (χ1) is 9.19. The lowest BCUT2D eigenvalue weighted by Gasteiger charge is -2.32. The Balaban J connectivity index is 1.82. The molecule has 2 rings (SSSR count). The van der Waals surface area contributed by atoms with E-state index in [1.54, 1.807) is 0 Å². The van der Waals surface area contributed by atoms with E-state index in [0.29, 0.717) is 5.56 Å². The second kappa shape index (κ2) is 6.66. The minimum Gasteiger partial charge on any atom is -0.349 e. The Morgan fingerprint density at radius 2 is 1.95 bits per heavy atom. The molecule has 0 spiro atoms. The Kier molecular flexibility index (Phi) is 4.91. The van der Waals surface area contributed by atoms with Crippen molar-refractivity contribution >= 4 is 5.91 Å². The topological polar surface area (TPSA) is 32.3 Å². The van der Waals surface area contributed by atoms with E-state index in [0.717, 1.165) is 32.5 Å². The molecule has 104 valence electrons. The normalized spacial score (nSPS) is 17.4. The molecular formula is C15H21FN2O. The van der Waals surface area contributed by atoms with Gasteiger partial charge in [-0.25, -0.2) is 4.39 Å². The van der Waals surface area contributed by atoms with Crippen molar-refractivity contribution in [2.24, 2.45) is 0 Å². The Labute approximate surface area is 113 Å². The monoisotopic (exact) mass is 264 g/mol. The molecule has 1 heterocycles. The molecule has 0 atom stereocenters. The zero-order valence-corrected chi connectivity index (χ0v) is 11.4. The van der Waals surface area contributed by atoms with Crippen molar-refractivity contribution in [3.05, 3.63) is 35.6 Å². The molecule has 0 unspecified atom stereocenters. The van der Waals surface area contributed by atoms with Gasteiger partial charge in [-0.1, -0.05) is 6.92 Å². The molecule has 1 aromatic carbocycles. The first kappa shape index (κ1) is 14.0. The molecule has 0 bridgehead atoms.